The molecule has 6 fully saturated rings. The van der Waals surface area contributed by atoms with Crippen LogP contribution in [0.4, 0.5) is 0 Å². The van der Waals surface area contributed by atoms with Gasteiger partial charge in [0.05, 0.1) is 93.0 Å². The molecule has 5 amide bonds. The van der Waals surface area contributed by atoms with E-state index in [9.17, 15) is 58.5 Å². The molecule has 0 spiro atoms. The number of aromatic hydroxyl groups is 2. The number of fused-ring (bicyclic) bond motifs is 6. The number of ether oxygens (including phenoxy) is 9. The first-order chi connectivity index (χ1) is 43.7. The van der Waals surface area contributed by atoms with Crippen molar-refractivity contribution >= 4 is 64.6 Å². The zero-order chi connectivity index (χ0) is 64.6. The van der Waals surface area contributed by atoms with Crippen LogP contribution in [-0.4, -0.2) is 237 Å². The molecule has 5 saturated heterocycles. The lowest BCUT2D eigenvalue weighted by atomic mass is 9.71. The highest BCUT2D eigenvalue weighted by molar-refractivity contribution is 8.00. The number of benzene rings is 2. The predicted octanol–water partition coefficient (Wildman–Crippen LogP) is 1.68. The number of hydrogen-bond acceptors (Lipinski definition) is 26. The van der Waals surface area contributed by atoms with Crippen LogP contribution in [0.15, 0.2) is 24.4 Å². The van der Waals surface area contributed by atoms with E-state index >= 15 is 0 Å². The summed E-state index contributed by atoms with van der Waals surface area (Å²) < 4.78 is 54.6. The van der Waals surface area contributed by atoms with Crippen LogP contribution >= 0.6 is 11.8 Å². The van der Waals surface area contributed by atoms with Crippen LogP contribution in [0.5, 0.6) is 17.2 Å². The number of aromatic nitrogens is 3. The number of thioether (sulfide) groups is 1. The average Bonchev–Trinajstić information content (AvgIpc) is 1.38. The summed E-state index contributed by atoms with van der Waals surface area (Å²) >= 11 is 1.33. The van der Waals surface area contributed by atoms with Gasteiger partial charge in [0.15, 0.2) is 30.4 Å². The number of carbonyl (C=O) groups is 9. The highest BCUT2D eigenvalue weighted by Gasteiger charge is 2.56. The van der Waals surface area contributed by atoms with E-state index in [0.717, 1.165) is 0 Å². The third kappa shape index (κ3) is 13.4. The normalized spacial score (nSPS) is 28.4. The van der Waals surface area contributed by atoms with E-state index in [1.54, 1.807) is 14.0 Å². The number of Topliss-reactive ketones (excluding diaryl/α,β-unsaturated/α-hetero) is 1. The number of hydrogen-bond donors (Lipinski definition) is 3. The van der Waals surface area contributed by atoms with Crippen LogP contribution in [0.1, 0.15) is 126 Å². The van der Waals surface area contributed by atoms with Gasteiger partial charge in [-0.2, -0.15) is 0 Å². The number of carbonyl (C=O) groups excluding carboxylic acids is 9. The van der Waals surface area contributed by atoms with E-state index in [2.05, 4.69) is 15.2 Å². The molecule has 492 valence electrons. The lowest BCUT2D eigenvalue weighted by Gasteiger charge is -2.43. The zero-order valence-corrected chi connectivity index (χ0v) is 52.0. The van der Waals surface area contributed by atoms with Gasteiger partial charge in [-0.25, -0.2) is 9.48 Å². The highest BCUT2D eigenvalue weighted by atomic mass is 32.2. The minimum atomic E-state index is -2.31. The van der Waals surface area contributed by atoms with Crippen molar-refractivity contribution in [1.82, 2.24) is 34.8 Å². The molecule has 8 aliphatic rings. The minimum Gasteiger partial charge on any atom is -0.507 e. The second-order valence-corrected chi connectivity index (χ2v) is 25.4. The van der Waals surface area contributed by atoms with E-state index in [1.807, 2.05) is 6.92 Å². The Balaban J connectivity index is 0.626. The van der Waals surface area contributed by atoms with Crippen LogP contribution in [-0.2, 0) is 95.9 Å². The molecular formula is C61H75N7O22S. The molecule has 1 saturated carbocycles. The second kappa shape index (κ2) is 27.8. The Morgan fingerprint density at radius 1 is 0.912 bits per heavy atom. The molecule has 3 aliphatic carbocycles. The molecule has 6 heterocycles. The van der Waals surface area contributed by atoms with E-state index in [-0.39, 0.29) is 129 Å². The summed E-state index contributed by atoms with van der Waals surface area (Å²) in [4.78, 5) is 128. The summed E-state index contributed by atoms with van der Waals surface area (Å²) in [6.45, 7) is 4.87. The molecule has 30 heteroatoms. The van der Waals surface area contributed by atoms with Gasteiger partial charge in [0.25, 0.3) is 17.7 Å². The largest absolute Gasteiger partial charge is 0.507 e. The topological polar surface area (TPSA) is 350 Å². The second-order valence-electron chi connectivity index (χ2n) is 24.1. The molecule has 0 radical (unpaired) electrons. The van der Waals surface area contributed by atoms with E-state index in [1.165, 1.54) is 64.9 Å². The number of imide groups is 2. The standard InChI is InChI=1S/C61H75N7O22S/c1-31-55-38(66-16-18-86-60(82-5)58(66)89-55)23-46(87-31)88-40-26-61(80,25-37-48(40)54(76)50-49(52(37)74)51(73)36-7-6-8-39(81-4)47(36)53(50)75)42(69)29-65-28-35(62-63-65)30-84-17-15-64(3)56(77)32(2)85-20-19-83-21-22-91-41-24-45(72)67(57(41)78)27-33-9-11-34(12-10-33)59(79)90-68-43(70)13-14-44(68)71/h6-8,28,31-34,38,40-41,46,55,58,60,74,76,80H,9-27,29-30H2,1-5H3/t31-,32-,33?,34?,38-,40-,41?,46-,55+,58+,60-,61-/m0/s1. The minimum absolute atomic E-state index is 0.0142. The number of likely N-dealkylation sites (N-methyl/N-ethyl adjacent to an activating group) is 1. The first-order valence-electron chi connectivity index (χ1n) is 30.6. The third-order valence-corrected chi connectivity index (χ3v) is 19.5. The van der Waals surface area contributed by atoms with Gasteiger partial charge < -0.3 is 67.7 Å². The number of amides is 5. The van der Waals surface area contributed by atoms with Gasteiger partial charge in [0.2, 0.25) is 17.6 Å². The zero-order valence-electron chi connectivity index (χ0n) is 51.1. The summed E-state index contributed by atoms with van der Waals surface area (Å²) in [7, 11) is 4.46. The van der Waals surface area contributed by atoms with E-state index < -0.39 is 137 Å². The highest BCUT2D eigenvalue weighted by Crippen LogP contribution is 2.53. The monoisotopic (exact) mass is 1290 g/mol. The van der Waals surface area contributed by atoms with Crippen LogP contribution in [0.2, 0.25) is 0 Å². The molecule has 2 aromatic carbocycles. The summed E-state index contributed by atoms with van der Waals surface area (Å²) in [6.07, 6.45) is -2.54. The number of rotatable bonds is 25. The van der Waals surface area contributed by atoms with Crippen molar-refractivity contribution in [3.63, 3.8) is 0 Å². The van der Waals surface area contributed by atoms with Gasteiger partial charge in [-0.15, -0.1) is 21.9 Å². The number of phenolic OH excluding ortho intramolecular Hbond substituents is 2. The van der Waals surface area contributed by atoms with Crippen molar-refractivity contribution in [3.05, 3.63) is 63.5 Å². The fourth-order valence-electron chi connectivity index (χ4n) is 13.5. The quantitative estimate of drug-likeness (QED) is 0.0483. The Kier molecular flexibility index (Phi) is 20.0. The Morgan fingerprint density at radius 2 is 1.67 bits per heavy atom. The van der Waals surface area contributed by atoms with Gasteiger partial charge in [0.1, 0.15) is 47.3 Å². The molecule has 1 unspecified atom stereocenters. The smallest absolute Gasteiger partial charge is 0.336 e. The maximum Gasteiger partial charge on any atom is 0.336 e. The fraction of sp³-hybridized carbons (Fsp3) is 0.623. The molecule has 3 aromatic rings. The molecule has 91 heavy (non-hydrogen) atoms. The van der Waals surface area contributed by atoms with Crippen molar-refractivity contribution in [2.45, 2.75) is 151 Å². The number of likely N-dealkylation sites (tertiary alicyclic amines) is 1. The van der Waals surface area contributed by atoms with Gasteiger partial charge >= 0.3 is 5.97 Å². The molecular weight excluding hydrogens is 1210 g/mol. The lowest BCUT2D eigenvalue weighted by molar-refractivity contribution is -0.256. The Labute approximate surface area is 527 Å². The molecule has 1 aromatic heterocycles. The number of ketones is 3. The van der Waals surface area contributed by atoms with E-state index in [0.29, 0.717) is 55.3 Å². The summed E-state index contributed by atoms with van der Waals surface area (Å²) in [6, 6.07) is 4.17. The summed E-state index contributed by atoms with van der Waals surface area (Å²) in [5.41, 5.74) is -3.39. The van der Waals surface area contributed by atoms with Crippen molar-refractivity contribution in [3.8, 4) is 17.2 Å². The Bertz CT molecular complexity index is 3320. The maximum absolute atomic E-state index is 14.5. The van der Waals surface area contributed by atoms with Crippen LogP contribution in [0, 0.1) is 11.8 Å². The first-order valence-corrected chi connectivity index (χ1v) is 31.7. The summed E-state index contributed by atoms with van der Waals surface area (Å²) in [5, 5.41) is 45.1. The number of morpholine rings is 1. The Morgan fingerprint density at radius 3 is 2.42 bits per heavy atom. The molecule has 11 rings (SSSR count). The fourth-order valence-corrected chi connectivity index (χ4v) is 14.5. The summed E-state index contributed by atoms with van der Waals surface area (Å²) in [5.74, 6) is -6.15. The van der Waals surface area contributed by atoms with Gasteiger partial charge in [-0.1, -0.05) is 17.3 Å². The average molecular weight is 1290 g/mol. The molecule has 0 bridgehead atoms. The number of aliphatic hydroxyl groups is 1. The number of nitrogens with zero attached hydrogens (tertiary/aromatic N) is 7. The lowest BCUT2D eigenvalue weighted by Crippen LogP contribution is -2.55. The van der Waals surface area contributed by atoms with Crippen molar-refractivity contribution < 1.29 is 106 Å². The van der Waals surface area contributed by atoms with Crippen molar-refractivity contribution in [1.29, 1.82) is 0 Å². The Hall–Kier alpha value is -6.84. The molecule has 3 N–H and O–H groups in total. The van der Waals surface area contributed by atoms with Crippen molar-refractivity contribution in [2.24, 2.45) is 11.8 Å². The molecule has 29 nitrogen and oxygen atoms in total. The van der Waals surface area contributed by atoms with Crippen molar-refractivity contribution in [2.75, 3.05) is 79.7 Å². The number of phenols is 2. The predicted molar refractivity (Wildman–Crippen MR) is 310 cm³/mol. The molecule has 5 aliphatic heterocycles. The third-order valence-electron chi connectivity index (χ3n) is 18.3. The molecule has 10 atom stereocenters. The van der Waals surface area contributed by atoms with Crippen LogP contribution in [0.25, 0.3) is 0 Å². The SMILES string of the molecule is COc1cccc2c1C(=O)c1c(O)c3c(c(O)c1C2=O)C[C@@](O)(C(=O)Cn1cc(COCCN(C)C(=O)[C@H](C)OCCOCCSC2CC(=O)N(CC4CCC(C(=O)ON5C(=O)CCC5=O)CC4)C2=O)nn1)C[C@@H]3O[C@H]1C[C@H]2[C@H](O[C@@H]3[C@@H](OC)OCCN32)[C@H](C)O1. The van der Waals surface area contributed by atoms with Gasteiger partial charge in [-0.3, -0.25) is 48.2 Å². The van der Waals surface area contributed by atoms with Crippen LogP contribution < -0.4 is 4.74 Å². The maximum atomic E-state index is 14.5. The van der Waals surface area contributed by atoms with Gasteiger partial charge in [-0.05, 0) is 51.5 Å². The number of hydroxylamine groups is 2. The number of methoxy groups -OCH3 is 2. The van der Waals surface area contributed by atoms with Crippen LogP contribution in [0.3, 0.4) is 0 Å². The van der Waals surface area contributed by atoms with Gasteiger partial charge in [0, 0.05) is 101 Å². The van der Waals surface area contributed by atoms with E-state index in [4.69, 9.17) is 47.5 Å². The first kappa shape index (κ1) is 65.6.